The van der Waals surface area contributed by atoms with Crippen molar-refractivity contribution in [2.24, 2.45) is 0 Å². The fourth-order valence-electron chi connectivity index (χ4n) is 3.83. The Morgan fingerprint density at radius 3 is 3.04 bits per heavy atom. The molecule has 2 saturated heterocycles. The van der Waals surface area contributed by atoms with Crippen molar-refractivity contribution < 1.29 is 14.2 Å². The number of pyridine rings is 2. The maximum absolute atomic E-state index is 6.19. The topological polar surface area (TPSA) is 56.7 Å². The molecule has 0 saturated carbocycles. The van der Waals surface area contributed by atoms with Crippen LogP contribution in [-0.4, -0.2) is 53.4 Å². The number of nitrogens with zero attached hydrogens (tertiary/aromatic N) is 3. The first kappa shape index (κ1) is 16.3. The molecule has 2 aliphatic heterocycles. The summed E-state index contributed by atoms with van der Waals surface area (Å²) in [6, 6.07) is 8.21. The number of likely N-dealkylation sites (tertiary alicyclic amines) is 1. The number of methoxy groups -OCH3 is 1. The van der Waals surface area contributed by atoms with Gasteiger partial charge in [-0.3, -0.25) is 9.88 Å². The Bertz CT molecular complexity index is 697. The third-order valence-electron chi connectivity index (χ3n) is 4.92. The number of aromatic nitrogens is 2. The molecule has 132 valence electrons. The van der Waals surface area contributed by atoms with E-state index in [2.05, 4.69) is 20.9 Å². The van der Waals surface area contributed by atoms with Gasteiger partial charge in [0.25, 0.3) is 0 Å². The van der Waals surface area contributed by atoms with E-state index in [1.165, 1.54) is 0 Å². The van der Waals surface area contributed by atoms with Crippen LogP contribution in [0.2, 0.25) is 0 Å². The first-order valence-corrected chi connectivity index (χ1v) is 8.75. The maximum atomic E-state index is 6.19. The van der Waals surface area contributed by atoms with Crippen LogP contribution in [0.15, 0.2) is 42.9 Å². The molecule has 2 aromatic heterocycles. The molecule has 0 aromatic carbocycles. The fraction of sp³-hybridized carbons (Fsp3) is 0.474. The Hall–Kier alpha value is -2.18. The van der Waals surface area contributed by atoms with Gasteiger partial charge in [0.1, 0.15) is 18.0 Å². The molecule has 0 unspecified atom stereocenters. The van der Waals surface area contributed by atoms with Crippen LogP contribution in [0.25, 0.3) is 0 Å². The molecule has 0 aliphatic carbocycles. The van der Waals surface area contributed by atoms with Crippen molar-refractivity contribution in [2.75, 3.05) is 20.3 Å². The zero-order chi connectivity index (χ0) is 17.1. The summed E-state index contributed by atoms with van der Waals surface area (Å²) in [4.78, 5) is 10.9. The minimum atomic E-state index is 0.0113. The van der Waals surface area contributed by atoms with Gasteiger partial charge in [0.15, 0.2) is 0 Å². The summed E-state index contributed by atoms with van der Waals surface area (Å²) >= 11 is 0. The molecule has 0 amide bonds. The predicted molar refractivity (Wildman–Crippen MR) is 92.6 cm³/mol. The number of rotatable bonds is 5. The average molecular weight is 341 g/mol. The lowest BCUT2D eigenvalue weighted by atomic mass is 10.0. The van der Waals surface area contributed by atoms with Crippen LogP contribution in [0.5, 0.6) is 11.6 Å². The minimum absolute atomic E-state index is 0.0113. The summed E-state index contributed by atoms with van der Waals surface area (Å²) < 4.78 is 17.7. The van der Waals surface area contributed by atoms with Crippen LogP contribution >= 0.6 is 0 Å². The van der Waals surface area contributed by atoms with Gasteiger partial charge in [-0.1, -0.05) is 6.07 Å². The highest BCUT2D eigenvalue weighted by molar-refractivity contribution is 5.26. The lowest BCUT2D eigenvalue weighted by molar-refractivity contribution is -0.0472. The zero-order valence-corrected chi connectivity index (χ0v) is 14.4. The molecule has 2 fully saturated rings. The van der Waals surface area contributed by atoms with Crippen molar-refractivity contribution in [1.29, 1.82) is 0 Å². The normalized spacial score (nSPS) is 26.2. The molecule has 25 heavy (non-hydrogen) atoms. The van der Waals surface area contributed by atoms with Gasteiger partial charge < -0.3 is 14.2 Å². The second kappa shape index (κ2) is 7.37. The monoisotopic (exact) mass is 341 g/mol. The van der Waals surface area contributed by atoms with Crippen molar-refractivity contribution in [3.8, 4) is 11.6 Å². The Kier molecular flexibility index (Phi) is 4.81. The molecule has 0 spiro atoms. The van der Waals surface area contributed by atoms with Crippen molar-refractivity contribution in [1.82, 2.24) is 14.9 Å². The van der Waals surface area contributed by atoms with E-state index in [-0.39, 0.29) is 12.2 Å². The van der Waals surface area contributed by atoms with Crippen molar-refractivity contribution >= 4 is 0 Å². The van der Waals surface area contributed by atoms with E-state index in [0.717, 1.165) is 43.9 Å². The molecule has 3 atom stereocenters. The molecule has 2 aliphatic rings. The van der Waals surface area contributed by atoms with Gasteiger partial charge in [0.05, 0.1) is 13.3 Å². The smallest absolute Gasteiger partial charge is 0.217 e. The minimum Gasteiger partial charge on any atom is -0.485 e. The summed E-state index contributed by atoms with van der Waals surface area (Å²) in [5.41, 5.74) is 1.09. The Labute approximate surface area is 147 Å². The van der Waals surface area contributed by atoms with Crippen LogP contribution in [0, 0.1) is 0 Å². The highest BCUT2D eigenvalue weighted by Gasteiger charge is 2.45. The third kappa shape index (κ3) is 3.45. The molecule has 0 bridgehead atoms. The van der Waals surface area contributed by atoms with E-state index < -0.39 is 0 Å². The molecule has 6 heteroatoms. The van der Waals surface area contributed by atoms with Gasteiger partial charge in [-0.15, -0.1) is 0 Å². The number of hydrogen-bond donors (Lipinski definition) is 0. The summed E-state index contributed by atoms with van der Waals surface area (Å²) in [5.74, 6) is 1.48. The Balaban J connectivity index is 1.52. The van der Waals surface area contributed by atoms with Gasteiger partial charge >= 0.3 is 0 Å². The molecule has 4 rings (SSSR count). The van der Waals surface area contributed by atoms with Crippen molar-refractivity contribution in [3.63, 3.8) is 0 Å². The van der Waals surface area contributed by atoms with Crippen molar-refractivity contribution in [2.45, 2.75) is 37.6 Å². The van der Waals surface area contributed by atoms with Gasteiger partial charge in [-0.2, -0.15) is 0 Å². The zero-order valence-electron chi connectivity index (χ0n) is 14.4. The van der Waals surface area contributed by atoms with E-state index in [0.29, 0.717) is 11.9 Å². The summed E-state index contributed by atoms with van der Waals surface area (Å²) in [6.07, 6.45) is 7.58. The molecule has 0 N–H and O–H groups in total. The Morgan fingerprint density at radius 2 is 2.20 bits per heavy atom. The molecule has 6 nitrogen and oxygen atoms in total. The SMILES string of the molecule is COc1ncccc1CN1C[C@@H](Oc2cccnc2)[C@@H]2OCCC[C@@H]21. The van der Waals surface area contributed by atoms with E-state index in [9.17, 15) is 0 Å². The summed E-state index contributed by atoms with van der Waals surface area (Å²) in [5, 5.41) is 0. The van der Waals surface area contributed by atoms with E-state index in [4.69, 9.17) is 14.2 Å². The number of hydrogen-bond acceptors (Lipinski definition) is 6. The molecular formula is C19H23N3O3. The maximum Gasteiger partial charge on any atom is 0.217 e. The number of ether oxygens (including phenoxy) is 3. The molecule has 2 aromatic rings. The molecule has 0 radical (unpaired) electrons. The third-order valence-corrected chi connectivity index (χ3v) is 4.92. The first-order chi connectivity index (χ1) is 12.3. The lowest BCUT2D eigenvalue weighted by Gasteiger charge is -2.32. The standard InChI is InChI=1S/C19H23N3O3/c1-23-19-14(5-2-9-21-19)12-22-13-17(18-16(22)7-4-10-24-18)25-15-6-3-8-20-11-15/h2-3,5-6,8-9,11,16-18H,4,7,10,12-13H2,1H3/t16-,17+,18+/m0/s1. The summed E-state index contributed by atoms with van der Waals surface area (Å²) in [7, 11) is 1.66. The lowest BCUT2D eigenvalue weighted by Crippen LogP contribution is -2.42. The van der Waals surface area contributed by atoms with Gasteiger partial charge in [0.2, 0.25) is 5.88 Å². The van der Waals surface area contributed by atoms with Gasteiger partial charge in [-0.05, 0) is 31.0 Å². The van der Waals surface area contributed by atoms with Crippen LogP contribution in [-0.2, 0) is 11.3 Å². The largest absolute Gasteiger partial charge is 0.485 e. The van der Waals surface area contributed by atoms with E-state index in [1.807, 2.05) is 18.2 Å². The van der Waals surface area contributed by atoms with E-state index in [1.54, 1.807) is 25.7 Å². The second-order valence-electron chi connectivity index (χ2n) is 6.49. The van der Waals surface area contributed by atoms with Gasteiger partial charge in [0, 0.05) is 43.7 Å². The highest BCUT2D eigenvalue weighted by atomic mass is 16.5. The molecular weight excluding hydrogens is 318 g/mol. The van der Waals surface area contributed by atoms with Gasteiger partial charge in [-0.25, -0.2) is 4.98 Å². The predicted octanol–water partition coefficient (Wildman–Crippen LogP) is 2.30. The Morgan fingerprint density at radius 1 is 1.28 bits per heavy atom. The highest BCUT2D eigenvalue weighted by Crippen LogP contribution is 2.33. The van der Waals surface area contributed by atoms with Crippen molar-refractivity contribution in [3.05, 3.63) is 48.4 Å². The van der Waals surface area contributed by atoms with E-state index >= 15 is 0 Å². The first-order valence-electron chi connectivity index (χ1n) is 8.75. The quantitative estimate of drug-likeness (QED) is 0.832. The van der Waals surface area contributed by atoms with Crippen LogP contribution in [0.4, 0.5) is 0 Å². The number of fused-ring (bicyclic) bond motifs is 1. The summed E-state index contributed by atoms with van der Waals surface area (Å²) in [6.45, 7) is 2.41. The van der Waals surface area contributed by atoms with Crippen LogP contribution in [0.1, 0.15) is 18.4 Å². The van der Waals surface area contributed by atoms with Crippen LogP contribution < -0.4 is 9.47 Å². The molecule has 4 heterocycles. The van der Waals surface area contributed by atoms with Crippen LogP contribution in [0.3, 0.4) is 0 Å². The second-order valence-corrected chi connectivity index (χ2v) is 6.49. The average Bonchev–Trinajstić information content (AvgIpc) is 3.01. The fourth-order valence-corrected chi connectivity index (χ4v) is 3.83.